The molecule has 0 spiro atoms. The summed E-state index contributed by atoms with van der Waals surface area (Å²) in [5, 5.41) is 2.59. The molecule has 1 fully saturated rings. The number of rotatable bonds is 2. The molecule has 0 unspecified atom stereocenters. The fourth-order valence-electron chi connectivity index (χ4n) is 1.15. The fourth-order valence-corrected chi connectivity index (χ4v) is 1.15. The van der Waals surface area contributed by atoms with Crippen LogP contribution in [0.5, 0.6) is 0 Å². The number of carbonyl (C=O) groups is 1. The lowest BCUT2D eigenvalue weighted by atomic mass is 10.1. The maximum Gasteiger partial charge on any atom is 0.244 e. The van der Waals surface area contributed by atoms with Crippen LogP contribution >= 0.6 is 0 Å². The summed E-state index contributed by atoms with van der Waals surface area (Å²) in [6, 6.07) is 0. The van der Waals surface area contributed by atoms with Crippen LogP contribution in [0.2, 0.25) is 0 Å². The molecule has 1 aliphatic rings. The van der Waals surface area contributed by atoms with E-state index in [4.69, 9.17) is 11.2 Å². The Balaban J connectivity index is 2.35. The standard InChI is InChI=1S/C10H13NO2/c1-2-5-11-10(12)8-9-3-6-13-7-4-9/h1,8H,3-7H2,(H,11,12). The average molecular weight is 179 g/mol. The van der Waals surface area contributed by atoms with Gasteiger partial charge in [0.2, 0.25) is 5.91 Å². The Bertz CT molecular complexity index is 242. The highest BCUT2D eigenvalue weighted by molar-refractivity contribution is 5.88. The van der Waals surface area contributed by atoms with Gasteiger partial charge in [0, 0.05) is 6.08 Å². The van der Waals surface area contributed by atoms with E-state index in [0.717, 1.165) is 18.4 Å². The van der Waals surface area contributed by atoms with Gasteiger partial charge in [0.05, 0.1) is 19.8 Å². The summed E-state index contributed by atoms with van der Waals surface area (Å²) in [7, 11) is 0. The second-order valence-corrected chi connectivity index (χ2v) is 2.84. The Morgan fingerprint density at radius 3 is 2.92 bits per heavy atom. The zero-order valence-electron chi connectivity index (χ0n) is 7.51. The van der Waals surface area contributed by atoms with E-state index < -0.39 is 0 Å². The molecule has 70 valence electrons. The van der Waals surface area contributed by atoms with Crippen LogP contribution in [0.25, 0.3) is 0 Å². The molecule has 0 radical (unpaired) electrons. The minimum atomic E-state index is -0.102. The van der Waals surface area contributed by atoms with Gasteiger partial charge in [-0.1, -0.05) is 11.5 Å². The Morgan fingerprint density at radius 2 is 2.31 bits per heavy atom. The Morgan fingerprint density at radius 1 is 1.62 bits per heavy atom. The number of carbonyl (C=O) groups excluding carboxylic acids is 1. The second-order valence-electron chi connectivity index (χ2n) is 2.84. The molecule has 1 heterocycles. The summed E-state index contributed by atoms with van der Waals surface area (Å²) in [5.74, 6) is 2.25. The van der Waals surface area contributed by atoms with Gasteiger partial charge in [-0.05, 0) is 12.8 Å². The minimum Gasteiger partial charge on any atom is -0.381 e. The van der Waals surface area contributed by atoms with Crippen molar-refractivity contribution < 1.29 is 9.53 Å². The smallest absolute Gasteiger partial charge is 0.244 e. The zero-order chi connectivity index (χ0) is 9.52. The van der Waals surface area contributed by atoms with Crippen LogP contribution in [0.1, 0.15) is 12.8 Å². The molecule has 3 nitrogen and oxygen atoms in total. The van der Waals surface area contributed by atoms with Crippen molar-refractivity contribution in [2.45, 2.75) is 12.8 Å². The average Bonchev–Trinajstić information content (AvgIpc) is 2.16. The molecular weight excluding hydrogens is 166 g/mol. The topological polar surface area (TPSA) is 38.3 Å². The quantitative estimate of drug-likeness (QED) is 0.494. The number of nitrogens with one attached hydrogen (secondary N) is 1. The molecule has 0 aromatic carbocycles. The van der Waals surface area contributed by atoms with Crippen molar-refractivity contribution in [1.82, 2.24) is 5.32 Å². The van der Waals surface area contributed by atoms with Crippen LogP contribution in [0.4, 0.5) is 0 Å². The van der Waals surface area contributed by atoms with Crippen molar-refractivity contribution in [2.24, 2.45) is 0 Å². The second kappa shape index (κ2) is 5.39. The van der Waals surface area contributed by atoms with Crippen molar-refractivity contribution in [3.63, 3.8) is 0 Å². The number of ether oxygens (including phenoxy) is 1. The summed E-state index contributed by atoms with van der Waals surface area (Å²) in [6.07, 6.45) is 8.33. The molecule has 0 saturated carbocycles. The summed E-state index contributed by atoms with van der Waals surface area (Å²) in [5.41, 5.74) is 1.14. The molecule has 0 atom stereocenters. The van der Waals surface area contributed by atoms with Gasteiger partial charge in [0.15, 0.2) is 0 Å². The van der Waals surface area contributed by atoms with Gasteiger partial charge in [-0.25, -0.2) is 0 Å². The van der Waals surface area contributed by atoms with Crippen LogP contribution in [0.3, 0.4) is 0 Å². The van der Waals surface area contributed by atoms with E-state index in [-0.39, 0.29) is 5.91 Å². The van der Waals surface area contributed by atoms with Crippen molar-refractivity contribution in [2.75, 3.05) is 19.8 Å². The maximum absolute atomic E-state index is 11.1. The largest absolute Gasteiger partial charge is 0.381 e. The van der Waals surface area contributed by atoms with Gasteiger partial charge in [-0.2, -0.15) is 0 Å². The summed E-state index contributed by atoms with van der Waals surface area (Å²) < 4.78 is 5.16. The van der Waals surface area contributed by atoms with E-state index in [9.17, 15) is 4.79 Å². The van der Waals surface area contributed by atoms with Gasteiger partial charge < -0.3 is 10.1 Å². The lowest BCUT2D eigenvalue weighted by Crippen LogP contribution is -2.22. The first-order chi connectivity index (χ1) is 6.33. The summed E-state index contributed by atoms with van der Waals surface area (Å²) in [6.45, 7) is 1.72. The van der Waals surface area contributed by atoms with E-state index in [0.29, 0.717) is 19.8 Å². The Labute approximate surface area is 78.2 Å². The summed E-state index contributed by atoms with van der Waals surface area (Å²) >= 11 is 0. The number of terminal acetylenes is 1. The van der Waals surface area contributed by atoms with Crippen molar-refractivity contribution in [3.05, 3.63) is 11.6 Å². The molecule has 13 heavy (non-hydrogen) atoms. The number of hydrogen-bond donors (Lipinski definition) is 1. The highest BCUT2D eigenvalue weighted by atomic mass is 16.5. The predicted octanol–water partition coefficient (Wildman–Crippen LogP) is 0.473. The number of hydrogen-bond acceptors (Lipinski definition) is 2. The lowest BCUT2D eigenvalue weighted by molar-refractivity contribution is -0.116. The van der Waals surface area contributed by atoms with E-state index >= 15 is 0 Å². The first-order valence-corrected chi connectivity index (χ1v) is 4.31. The molecular formula is C10H13NO2. The van der Waals surface area contributed by atoms with Crippen LogP contribution < -0.4 is 5.32 Å². The van der Waals surface area contributed by atoms with Gasteiger partial charge in [0.25, 0.3) is 0 Å². The minimum absolute atomic E-state index is 0.102. The zero-order valence-corrected chi connectivity index (χ0v) is 7.51. The van der Waals surface area contributed by atoms with Gasteiger partial charge in [-0.15, -0.1) is 6.42 Å². The van der Waals surface area contributed by atoms with E-state index in [1.807, 2.05) is 0 Å². The van der Waals surface area contributed by atoms with Gasteiger partial charge in [0.1, 0.15) is 0 Å². The predicted molar refractivity (Wildman–Crippen MR) is 50.0 cm³/mol. The fraction of sp³-hybridized carbons (Fsp3) is 0.500. The maximum atomic E-state index is 11.1. The first kappa shape index (κ1) is 9.82. The van der Waals surface area contributed by atoms with E-state index in [1.165, 1.54) is 0 Å². The number of amides is 1. The van der Waals surface area contributed by atoms with E-state index in [1.54, 1.807) is 6.08 Å². The molecule has 0 aromatic heterocycles. The van der Waals surface area contributed by atoms with Gasteiger partial charge >= 0.3 is 0 Å². The third-order valence-electron chi connectivity index (χ3n) is 1.83. The molecule has 0 aliphatic carbocycles. The van der Waals surface area contributed by atoms with Crippen LogP contribution in [0, 0.1) is 12.3 Å². The normalized spacial score (nSPS) is 16.1. The molecule has 1 rings (SSSR count). The molecule has 1 N–H and O–H groups in total. The third-order valence-corrected chi connectivity index (χ3v) is 1.83. The highest BCUT2D eigenvalue weighted by Gasteiger charge is 2.06. The molecule has 0 bridgehead atoms. The first-order valence-electron chi connectivity index (χ1n) is 4.31. The lowest BCUT2D eigenvalue weighted by Gasteiger charge is -2.13. The van der Waals surface area contributed by atoms with Crippen LogP contribution in [0.15, 0.2) is 11.6 Å². The molecule has 1 amide bonds. The van der Waals surface area contributed by atoms with Crippen LogP contribution in [-0.4, -0.2) is 25.7 Å². The SMILES string of the molecule is C#CCNC(=O)C=C1CCOCC1. The van der Waals surface area contributed by atoms with Crippen molar-refractivity contribution in [3.8, 4) is 12.3 Å². The highest BCUT2D eigenvalue weighted by Crippen LogP contribution is 2.12. The molecule has 1 aliphatic heterocycles. The Kier molecular flexibility index (Phi) is 4.07. The monoisotopic (exact) mass is 179 g/mol. The van der Waals surface area contributed by atoms with Gasteiger partial charge in [-0.3, -0.25) is 4.79 Å². The molecule has 1 saturated heterocycles. The van der Waals surface area contributed by atoms with Crippen molar-refractivity contribution >= 4 is 5.91 Å². The molecule has 3 heteroatoms. The third kappa shape index (κ3) is 3.77. The Hall–Kier alpha value is -1.27. The van der Waals surface area contributed by atoms with E-state index in [2.05, 4.69) is 11.2 Å². The van der Waals surface area contributed by atoms with Crippen molar-refractivity contribution in [1.29, 1.82) is 0 Å². The molecule has 0 aromatic rings. The summed E-state index contributed by atoms with van der Waals surface area (Å²) in [4.78, 5) is 11.1. The van der Waals surface area contributed by atoms with Crippen LogP contribution in [-0.2, 0) is 9.53 Å².